The molecule has 7 heteroatoms. The van der Waals surface area contributed by atoms with E-state index in [-0.39, 0.29) is 0 Å². The molecular weight excluding hydrogens is 466 g/mol. The van der Waals surface area contributed by atoms with Crippen molar-refractivity contribution in [3.05, 3.63) is 94.9 Å². The Morgan fingerprint density at radius 2 is 2.00 bits per heavy atom. The Hall–Kier alpha value is -3.32. The summed E-state index contributed by atoms with van der Waals surface area (Å²) in [4.78, 5) is 9.00. The average Bonchev–Trinajstić information content (AvgIpc) is 3.66. The number of benzene rings is 2. The highest BCUT2D eigenvalue weighted by Crippen LogP contribution is 2.36. The average molecular weight is 492 g/mol. The number of nitrogens with zero attached hydrogens (tertiary/aromatic N) is 2. The Morgan fingerprint density at radius 3 is 2.75 bits per heavy atom. The van der Waals surface area contributed by atoms with Crippen LogP contribution >= 0.6 is 15.9 Å². The van der Waals surface area contributed by atoms with Crippen molar-refractivity contribution in [2.24, 2.45) is 5.92 Å². The number of anilines is 3. The maximum absolute atomic E-state index is 5.92. The van der Waals surface area contributed by atoms with Gasteiger partial charge < -0.3 is 20.7 Å². The van der Waals surface area contributed by atoms with Crippen LogP contribution in [0.2, 0.25) is 0 Å². The predicted octanol–water partition coefficient (Wildman–Crippen LogP) is 6.00. The lowest BCUT2D eigenvalue weighted by atomic mass is 10.2. The van der Waals surface area contributed by atoms with Gasteiger partial charge in [0.05, 0.1) is 4.47 Å². The monoisotopic (exact) mass is 491 g/mol. The van der Waals surface area contributed by atoms with E-state index in [2.05, 4.69) is 48.4 Å². The summed E-state index contributed by atoms with van der Waals surface area (Å²) >= 11 is 3.52. The molecule has 0 saturated heterocycles. The summed E-state index contributed by atoms with van der Waals surface area (Å²) in [5.41, 5.74) is 3.09. The second-order valence-electron chi connectivity index (χ2n) is 7.60. The molecule has 4 rings (SSSR count). The summed E-state index contributed by atoms with van der Waals surface area (Å²) in [7, 11) is 1.87. The van der Waals surface area contributed by atoms with E-state index in [0.717, 1.165) is 32.9 Å². The molecule has 1 saturated carbocycles. The zero-order valence-electron chi connectivity index (χ0n) is 17.9. The molecule has 164 valence electrons. The van der Waals surface area contributed by atoms with E-state index >= 15 is 0 Å². The Kier molecular flexibility index (Phi) is 7.07. The zero-order valence-corrected chi connectivity index (χ0v) is 19.5. The minimum atomic E-state index is 0.479. The number of allylic oxidation sites excluding steroid dienone is 2. The Labute approximate surface area is 197 Å². The van der Waals surface area contributed by atoms with E-state index in [9.17, 15) is 0 Å². The summed E-state index contributed by atoms with van der Waals surface area (Å²) in [6.07, 6.45) is 6.18. The van der Waals surface area contributed by atoms with E-state index in [1.54, 1.807) is 6.20 Å². The molecule has 1 aromatic heterocycles. The lowest BCUT2D eigenvalue weighted by molar-refractivity contribution is 0.306. The number of ether oxygens (including phenoxy) is 1. The summed E-state index contributed by atoms with van der Waals surface area (Å²) in [6, 6.07) is 17.8. The molecule has 0 radical (unpaired) electrons. The van der Waals surface area contributed by atoms with Crippen molar-refractivity contribution in [1.82, 2.24) is 15.3 Å². The minimum Gasteiger partial charge on any atom is -0.489 e. The summed E-state index contributed by atoms with van der Waals surface area (Å²) < 4.78 is 6.68. The van der Waals surface area contributed by atoms with Gasteiger partial charge in [-0.3, -0.25) is 0 Å². The molecule has 6 nitrogen and oxygen atoms in total. The fraction of sp³-hybridized carbons (Fsp3) is 0.200. The maximum atomic E-state index is 5.92. The molecule has 2 aromatic carbocycles. The third kappa shape index (κ3) is 6.11. The number of halogens is 1. The summed E-state index contributed by atoms with van der Waals surface area (Å²) in [5.74, 6) is 3.34. The molecule has 0 unspecified atom stereocenters. The fourth-order valence-electron chi connectivity index (χ4n) is 3.10. The van der Waals surface area contributed by atoms with Crippen LogP contribution in [0.1, 0.15) is 18.4 Å². The Bertz CT molecular complexity index is 1110. The molecule has 32 heavy (non-hydrogen) atoms. The quantitative estimate of drug-likeness (QED) is 0.302. The molecule has 0 aliphatic heterocycles. The largest absolute Gasteiger partial charge is 0.489 e. The van der Waals surface area contributed by atoms with Crippen LogP contribution in [0.15, 0.2) is 89.3 Å². The van der Waals surface area contributed by atoms with Crippen LogP contribution in [-0.2, 0) is 6.61 Å². The molecule has 1 heterocycles. The van der Waals surface area contributed by atoms with Crippen LogP contribution in [0, 0.1) is 5.92 Å². The van der Waals surface area contributed by atoms with Crippen LogP contribution in [0.5, 0.6) is 5.75 Å². The fourth-order valence-corrected chi connectivity index (χ4v) is 3.39. The van der Waals surface area contributed by atoms with Crippen molar-refractivity contribution in [3.8, 4) is 5.75 Å². The lowest BCUT2D eigenvalue weighted by Crippen LogP contribution is -2.16. The molecule has 0 atom stereocenters. The van der Waals surface area contributed by atoms with Crippen molar-refractivity contribution in [1.29, 1.82) is 0 Å². The van der Waals surface area contributed by atoms with Gasteiger partial charge in [-0.1, -0.05) is 43.0 Å². The van der Waals surface area contributed by atoms with E-state index in [0.29, 0.717) is 24.3 Å². The number of nitrogens with one attached hydrogen (secondary N) is 3. The number of rotatable bonds is 10. The van der Waals surface area contributed by atoms with E-state index in [4.69, 9.17) is 4.74 Å². The van der Waals surface area contributed by atoms with E-state index in [1.165, 1.54) is 12.8 Å². The molecule has 3 N–H and O–H groups in total. The minimum absolute atomic E-state index is 0.479. The van der Waals surface area contributed by atoms with Crippen molar-refractivity contribution in [3.63, 3.8) is 0 Å². The van der Waals surface area contributed by atoms with Crippen LogP contribution < -0.4 is 20.7 Å². The highest BCUT2D eigenvalue weighted by atomic mass is 79.9. The molecule has 1 aliphatic rings. The first kappa shape index (κ1) is 21.9. The van der Waals surface area contributed by atoms with Crippen molar-refractivity contribution < 1.29 is 4.74 Å². The van der Waals surface area contributed by atoms with Crippen LogP contribution in [0.4, 0.5) is 17.5 Å². The van der Waals surface area contributed by atoms with Crippen molar-refractivity contribution in [2.45, 2.75) is 19.4 Å². The summed E-state index contributed by atoms with van der Waals surface area (Å²) in [6.45, 7) is 4.67. The van der Waals surface area contributed by atoms with Crippen LogP contribution in [-0.4, -0.2) is 17.0 Å². The van der Waals surface area contributed by atoms with E-state index in [1.807, 2.05) is 67.7 Å². The third-order valence-electron chi connectivity index (χ3n) is 5.04. The van der Waals surface area contributed by atoms with Gasteiger partial charge in [0.2, 0.25) is 5.95 Å². The Morgan fingerprint density at radius 1 is 1.19 bits per heavy atom. The van der Waals surface area contributed by atoms with E-state index < -0.39 is 0 Å². The first-order valence-electron chi connectivity index (χ1n) is 10.5. The van der Waals surface area contributed by atoms with Gasteiger partial charge in [-0.2, -0.15) is 4.98 Å². The van der Waals surface area contributed by atoms with Gasteiger partial charge in [0, 0.05) is 25.0 Å². The number of hydrogen-bond donors (Lipinski definition) is 3. The normalized spacial score (nSPS) is 13.4. The molecule has 0 amide bonds. The second kappa shape index (κ2) is 10.3. The van der Waals surface area contributed by atoms with Crippen LogP contribution in [0.25, 0.3) is 0 Å². The Balaban J connectivity index is 1.43. The summed E-state index contributed by atoms with van der Waals surface area (Å²) in [5, 5.41) is 9.73. The maximum Gasteiger partial charge on any atom is 0.229 e. The lowest BCUT2D eigenvalue weighted by Gasteiger charge is -2.14. The van der Waals surface area contributed by atoms with Gasteiger partial charge in [-0.25, -0.2) is 4.98 Å². The zero-order chi connectivity index (χ0) is 22.3. The standard InChI is InChI=1S/C25H26BrN5O/c1-17(19-11-12-19)13-23(27-2)30-24-22(26)15-28-25(31-24)29-20-9-6-10-21(14-20)32-16-18-7-4-3-5-8-18/h3-10,13-15,19,27H,1,11-12,16H2,2H3,(H2,28,29,30,31)/b23-13+. The first-order chi connectivity index (χ1) is 15.6. The smallest absolute Gasteiger partial charge is 0.229 e. The van der Waals surface area contributed by atoms with Crippen LogP contribution in [0.3, 0.4) is 0 Å². The van der Waals surface area contributed by atoms with Gasteiger partial charge in [-0.05, 0) is 64.0 Å². The van der Waals surface area contributed by atoms with Gasteiger partial charge in [-0.15, -0.1) is 0 Å². The van der Waals surface area contributed by atoms with Crippen molar-refractivity contribution in [2.75, 3.05) is 17.7 Å². The molecule has 1 fully saturated rings. The predicted molar refractivity (Wildman–Crippen MR) is 133 cm³/mol. The highest BCUT2D eigenvalue weighted by molar-refractivity contribution is 9.10. The second-order valence-corrected chi connectivity index (χ2v) is 8.45. The molecule has 0 bridgehead atoms. The topological polar surface area (TPSA) is 71.1 Å². The molecule has 0 spiro atoms. The SMILES string of the molecule is C=C(/C=C(\NC)Nc1nc(Nc2cccc(OCc3ccccc3)c2)ncc1Br)C1CC1. The van der Waals surface area contributed by atoms with Gasteiger partial charge >= 0.3 is 0 Å². The number of hydrogen-bond acceptors (Lipinski definition) is 6. The van der Waals surface area contributed by atoms with Gasteiger partial charge in [0.25, 0.3) is 0 Å². The molecular formula is C25H26BrN5O. The highest BCUT2D eigenvalue weighted by Gasteiger charge is 2.23. The van der Waals surface area contributed by atoms with Crippen molar-refractivity contribution >= 4 is 33.4 Å². The molecule has 1 aliphatic carbocycles. The number of aromatic nitrogens is 2. The third-order valence-corrected chi connectivity index (χ3v) is 5.62. The van der Waals surface area contributed by atoms with Gasteiger partial charge in [0.15, 0.2) is 5.82 Å². The van der Waals surface area contributed by atoms with Gasteiger partial charge in [0.1, 0.15) is 18.2 Å². The molecule has 3 aromatic rings. The first-order valence-corrected chi connectivity index (χ1v) is 11.3.